The Morgan fingerprint density at radius 2 is 1.90 bits per heavy atom. The van der Waals surface area contributed by atoms with Crippen LogP contribution in [0.2, 0.25) is 0 Å². The van der Waals surface area contributed by atoms with Crippen molar-refractivity contribution in [3.8, 4) is 17.2 Å². The zero-order valence-electron chi connectivity index (χ0n) is 25.2. The van der Waals surface area contributed by atoms with Crippen LogP contribution in [0.25, 0.3) is 17.2 Å². The quantitative estimate of drug-likeness (QED) is 0.400. The second-order valence-corrected chi connectivity index (χ2v) is 9.37. The number of likely N-dealkylation sites (tertiary alicyclic amines) is 1. The number of anilines is 1. The van der Waals surface area contributed by atoms with Crippen LogP contribution < -0.4 is 56.7 Å². The summed E-state index contributed by atoms with van der Waals surface area (Å²) in [7, 11) is 5.39. The minimum atomic E-state index is 0. The summed E-state index contributed by atoms with van der Waals surface area (Å²) in [6.45, 7) is 6.78. The van der Waals surface area contributed by atoms with Crippen LogP contribution in [0.4, 0.5) is 5.82 Å². The number of carbonyl (C=O) groups excluding carboxylic acids is 1. The van der Waals surface area contributed by atoms with Gasteiger partial charge >= 0.3 is 51.4 Å². The Balaban J connectivity index is 0.00000313. The number of pyridine rings is 2. The van der Waals surface area contributed by atoms with Crippen LogP contribution in [0, 0.1) is 36.9 Å². The Bertz CT molecular complexity index is 1240. The molecule has 8 heteroatoms. The number of likely N-dealkylation sites (N-methyl/N-ethyl adjacent to an activating group) is 1. The summed E-state index contributed by atoms with van der Waals surface area (Å²) in [5, 5.41) is 12.6. The third-order valence-electron chi connectivity index (χ3n) is 6.87. The van der Waals surface area contributed by atoms with E-state index in [2.05, 4.69) is 44.6 Å². The van der Waals surface area contributed by atoms with Gasteiger partial charge in [0, 0.05) is 26.7 Å². The summed E-state index contributed by atoms with van der Waals surface area (Å²) < 4.78 is 0. The molecule has 0 atom stereocenters. The van der Waals surface area contributed by atoms with Crippen molar-refractivity contribution in [1.29, 1.82) is 5.26 Å². The van der Waals surface area contributed by atoms with Gasteiger partial charge in [-0.1, -0.05) is 57.8 Å². The number of hydrogen-bond donors (Lipinski definition) is 1. The molecule has 1 saturated heterocycles. The molecule has 1 aliphatic carbocycles. The van der Waals surface area contributed by atoms with Gasteiger partial charge < -0.3 is 39.7 Å². The minimum Gasteiger partial charge on any atom is -0.380 e. The van der Waals surface area contributed by atoms with E-state index in [0.717, 1.165) is 67.6 Å². The molecule has 1 fully saturated rings. The predicted octanol–water partition coefficient (Wildman–Crippen LogP) is 3.24. The third-order valence-corrected chi connectivity index (χ3v) is 6.87. The van der Waals surface area contributed by atoms with E-state index in [0.29, 0.717) is 17.4 Å². The second kappa shape index (κ2) is 19.9. The molecular weight excluding hydrogens is 536 g/mol. The van der Waals surface area contributed by atoms with Crippen molar-refractivity contribution in [3.05, 3.63) is 78.7 Å². The van der Waals surface area contributed by atoms with Gasteiger partial charge in [-0.2, -0.15) is 10.8 Å². The molecule has 0 unspecified atom stereocenters. The number of rotatable bonds is 7. The van der Waals surface area contributed by atoms with Crippen molar-refractivity contribution < 1.29 is 56.2 Å². The Morgan fingerprint density at radius 1 is 1.20 bits per heavy atom. The summed E-state index contributed by atoms with van der Waals surface area (Å²) in [6.07, 6.45) is 18.3. The number of piperidine rings is 1. The maximum atomic E-state index is 12.2. The normalized spacial score (nSPS) is 14.9. The standard InChI is InChI=1S/C29H32N6O.C2H6.CH4.CH3.K/c1-31-28-11-10-26(27(19-30)33-28)25-12-15-32-20-24(25)5-4-16-35-17-13-22(14-18-35)21-6-8-23(9-7-21)29(36)34(2)3;1-2;;;/h5-6,8,10-12,15,22H,7,9,13-14,16-18H2,1-3H3,(H,31,33);1-2H3;1H4;1H3;/q-2;;;-1;+1. The first-order valence-corrected chi connectivity index (χ1v) is 13.4. The number of nitrogens with zero attached hydrogens (tertiary/aromatic N) is 5. The van der Waals surface area contributed by atoms with Gasteiger partial charge in [0.2, 0.25) is 5.91 Å². The molecular formula is C33H45KN6O-2. The zero-order chi connectivity index (χ0) is 27.5. The molecule has 1 aliphatic heterocycles. The maximum Gasteiger partial charge on any atom is 1.00 e. The Hall–Kier alpha value is -2.12. The van der Waals surface area contributed by atoms with Gasteiger partial charge in [0.1, 0.15) is 17.6 Å². The number of nitrogens with one attached hydrogen (secondary N) is 1. The molecule has 2 aromatic heterocycles. The molecule has 0 saturated carbocycles. The number of carbonyl (C=O) groups is 1. The number of amides is 1. The van der Waals surface area contributed by atoms with Crippen molar-refractivity contribution in [2.75, 3.05) is 46.1 Å². The fraction of sp³-hybridized carbons (Fsp3) is 0.424. The maximum absolute atomic E-state index is 12.2. The van der Waals surface area contributed by atoms with Crippen LogP contribution >= 0.6 is 0 Å². The van der Waals surface area contributed by atoms with Gasteiger partial charge in [-0.3, -0.25) is 10.4 Å². The van der Waals surface area contributed by atoms with E-state index in [1.54, 1.807) is 32.2 Å². The van der Waals surface area contributed by atoms with Crippen LogP contribution in [0.3, 0.4) is 0 Å². The van der Waals surface area contributed by atoms with Gasteiger partial charge in [-0.15, -0.1) is 12.3 Å². The van der Waals surface area contributed by atoms with Gasteiger partial charge in [0.15, 0.2) is 0 Å². The number of allylic oxidation sites excluding steroid dienone is 3. The van der Waals surface area contributed by atoms with Crippen LogP contribution in [0.15, 0.2) is 47.7 Å². The monoisotopic (exact) mass is 580 g/mol. The van der Waals surface area contributed by atoms with Crippen molar-refractivity contribution in [3.63, 3.8) is 0 Å². The first-order chi connectivity index (χ1) is 18.5. The molecule has 41 heavy (non-hydrogen) atoms. The van der Waals surface area contributed by atoms with Crippen molar-refractivity contribution in [2.45, 2.75) is 47.0 Å². The predicted molar refractivity (Wildman–Crippen MR) is 166 cm³/mol. The molecule has 1 amide bonds. The molecule has 216 valence electrons. The number of hydrogen-bond acceptors (Lipinski definition) is 6. The minimum absolute atomic E-state index is 0. The summed E-state index contributed by atoms with van der Waals surface area (Å²) in [4.78, 5) is 24.8. The molecule has 1 N–H and O–H groups in total. The van der Waals surface area contributed by atoms with E-state index in [9.17, 15) is 10.1 Å². The van der Waals surface area contributed by atoms with Gasteiger partial charge in [-0.05, 0) is 56.3 Å². The van der Waals surface area contributed by atoms with Crippen LogP contribution in [0.5, 0.6) is 0 Å². The second-order valence-electron chi connectivity index (χ2n) is 9.37. The molecule has 0 radical (unpaired) electrons. The largest absolute Gasteiger partial charge is 1.00 e. The Labute approximate surface area is 291 Å². The van der Waals surface area contributed by atoms with Gasteiger partial charge in [0.25, 0.3) is 0 Å². The average molecular weight is 581 g/mol. The number of nitriles is 1. The molecule has 2 aliphatic rings. The molecule has 0 spiro atoms. The molecule has 0 bridgehead atoms. The summed E-state index contributed by atoms with van der Waals surface area (Å²) >= 11 is 0. The Kier molecular flexibility index (Phi) is 18.9. The first-order valence-electron chi connectivity index (χ1n) is 13.4. The SMILES string of the molecule is C.CC.CNc1ccc(-c2ccn[c-]c2C=[C-]CN2CCC(C3=CC=C(C(=O)N(C)C)CC3)CC2)c(C#N)n1.[CH3-].[K+]. The summed E-state index contributed by atoms with van der Waals surface area (Å²) in [5.41, 5.74) is 5.17. The molecule has 0 aromatic carbocycles. The molecule has 4 rings (SSSR count). The average Bonchev–Trinajstić information content (AvgIpc) is 2.98. The van der Waals surface area contributed by atoms with E-state index in [4.69, 9.17) is 0 Å². The number of aromatic nitrogens is 2. The van der Waals surface area contributed by atoms with Crippen molar-refractivity contribution in [2.24, 2.45) is 5.92 Å². The smallest absolute Gasteiger partial charge is 0.380 e. The first kappa shape index (κ1) is 38.9. The van der Waals surface area contributed by atoms with E-state index >= 15 is 0 Å². The zero-order valence-corrected chi connectivity index (χ0v) is 28.3. The van der Waals surface area contributed by atoms with E-state index in [1.807, 2.05) is 44.2 Å². The molecule has 3 heterocycles. The summed E-state index contributed by atoms with van der Waals surface area (Å²) in [5.74, 6) is 1.36. The third kappa shape index (κ3) is 10.6. The molecule has 2 aromatic rings. The summed E-state index contributed by atoms with van der Waals surface area (Å²) in [6, 6.07) is 7.84. The van der Waals surface area contributed by atoms with Crippen LogP contribution in [-0.4, -0.2) is 66.5 Å². The fourth-order valence-electron chi connectivity index (χ4n) is 4.81. The van der Waals surface area contributed by atoms with Crippen LogP contribution in [-0.2, 0) is 4.79 Å². The van der Waals surface area contributed by atoms with E-state index in [1.165, 1.54) is 5.57 Å². The van der Waals surface area contributed by atoms with E-state index < -0.39 is 0 Å². The van der Waals surface area contributed by atoms with Crippen molar-refractivity contribution in [1.82, 2.24) is 19.8 Å². The van der Waals surface area contributed by atoms with Crippen molar-refractivity contribution >= 4 is 17.8 Å². The van der Waals surface area contributed by atoms with E-state index in [-0.39, 0.29) is 72.1 Å². The topological polar surface area (TPSA) is 85.2 Å². The Morgan fingerprint density at radius 3 is 2.49 bits per heavy atom. The van der Waals surface area contributed by atoms with Crippen LogP contribution in [0.1, 0.15) is 58.2 Å². The van der Waals surface area contributed by atoms with Gasteiger partial charge in [0.05, 0.1) is 0 Å². The fourth-order valence-corrected chi connectivity index (χ4v) is 4.81. The van der Waals surface area contributed by atoms with Gasteiger partial charge in [-0.25, -0.2) is 4.98 Å². The molecule has 7 nitrogen and oxygen atoms in total.